The Morgan fingerprint density at radius 3 is 2.41 bits per heavy atom. The fraction of sp³-hybridized carbons (Fsp3) is 1.00. The van der Waals surface area contributed by atoms with Crippen molar-refractivity contribution in [2.24, 2.45) is 23.2 Å². The van der Waals surface area contributed by atoms with E-state index in [2.05, 4.69) is 39.5 Å². The first-order chi connectivity index (χ1) is 12.9. The minimum absolute atomic E-state index is 0.255. The van der Waals surface area contributed by atoms with Crippen molar-refractivity contribution in [3.63, 3.8) is 0 Å². The molecule has 0 aromatic heterocycles. The molecule has 2 heterocycles. The van der Waals surface area contributed by atoms with Gasteiger partial charge in [0.25, 0.3) is 0 Å². The molecule has 158 valence electrons. The van der Waals surface area contributed by atoms with Crippen LogP contribution < -0.4 is 0 Å². The topological polar surface area (TPSA) is 12.5 Å². The van der Waals surface area contributed by atoms with Gasteiger partial charge in [0.15, 0.2) is 0 Å². The van der Waals surface area contributed by atoms with Crippen LogP contribution in [0.25, 0.3) is 0 Å². The highest BCUT2D eigenvalue weighted by atomic mass is 16.5. The van der Waals surface area contributed by atoms with Gasteiger partial charge in [-0.15, -0.1) is 0 Å². The highest BCUT2D eigenvalue weighted by Gasteiger charge is 2.45. The summed E-state index contributed by atoms with van der Waals surface area (Å²) in [5, 5.41) is 0. The largest absolute Gasteiger partial charge is 0.372 e. The number of ether oxygens (including phenoxy) is 1. The molecule has 0 N–H and O–H groups in total. The van der Waals surface area contributed by atoms with Gasteiger partial charge in [0.2, 0.25) is 0 Å². The third kappa shape index (κ3) is 5.50. The first-order valence-electron chi connectivity index (χ1n) is 12.3. The quantitative estimate of drug-likeness (QED) is 0.490. The molecule has 0 aromatic carbocycles. The number of hydrogen-bond donors (Lipinski definition) is 0. The standard InChI is InChI=1S/C25H47NO/c1-6-12-24(4,5)22-8-13-25(14-9-22)15-10-23(27-25)11-16-26-18-20(3)17-21(7-2)19-26/h20-23H,6-19H2,1-5H3. The number of nitrogens with zero attached hydrogens (tertiary/aromatic N) is 1. The van der Waals surface area contributed by atoms with Crippen LogP contribution in [0.5, 0.6) is 0 Å². The van der Waals surface area contributed by atoms with E-state index in [4.69, 9.17) is 4.74 Å². The van der Waals surface area contributed by atoms with Crippen LogP contribution in [0.3, 0.4) is 0 Å². The van der Waals surface area contributed by atoms with Crippen molar-refractivity contribution in [1.29, 1.82) is 0 Å². The summed E-state index contributed by atoms with van der Waals surface area (Å²) in [5.74, 6) is 2.71. The Balaban J connectivity index is 1.43. The summed E-state index contributed by atoms with van der Waals surface area (Å²) in [5.41, 5.74) is 0.778. The van der Waals surface area contributed by atoms with Gasteiger partial charge in [-0.2, -0.15) is 0 Å². The molecule has 1 aliphatic carbocycles. The number of hydrogen-bond acceptors (Lipinski definition) is 2. The van der Waals surface area contributed by atoms with Crippen molar-refractivity contribution in [1.82, 2.24) is 4.90 Å². The van der Waals surface area contributed by atoms with Crippen LogP contribution in [0.1, 0.15) is 105 Å². The molecule has 2 aliphatic heterocycles. The Hall–Kier alpha value is -0.0800. The van der Waals surface area contributed by atoms with Crippen LogP contribution in [0.2, 0.25) is 0 Å². The van der Waals surface area contributed by atoms with Crippen molar-refractivity contribution in [2.75, 3.05) is 19.6 Å². The lowest BCUT2D eigenvalue weighted by atomic mass is 9.65. The fourth-order valence-electron chi connectivity index (χ4n) is 6.64. The van der Waals surface area contributed by atoms with Crippen LogP contribution in [0, 0.1) is 23.2 Å². The van der Waals surface area contributed by atoms with E-state index in [1.54, 1.807) is 0 Å². The van der Waals surface area contributed by atoms with E-state index in [9.17, 15) is 0 Å². The molecule has 1 spiro atoms. The van der Waals surface area contributed by atoms with Crippen LogP contribution in [-0.2, 0) is 4.74 Å². The van der Waals surface area contributed by atoms with E-state index in [1.165, 1.54) is 90.3 Å². The predicted molar refractivity (Wildman–Crippen MR) is 116 cm³/mol. The van der Waals surface area contributed by atoms with Crippen LogP contribution in [0.4, 0.5) is 0 Å². The molecule has 3 fully saturated rings. The Morgan fingerprint density at radius 1 is 1.04 bits per heavy atom. The minimum atomic E-state index is 0.255. The summed E-state index contributed by atoms with van der Waals surface area (Å²) in [6.45, 7) is 16.0. The second-order valence-corrected chi connectivity index (χ2v) is 11.1. The molecule has 2 nitrogen and oxygen atoms in total. The van der Waals surface area contributed by atoms with E-state index >= 15 is 0 Å². The molecular formula is C25H47NO. The van der Waals surface area contributed by atoms with Gasteiger partial charge in [-0.25, -0.2) is 0 Å². The molecule has 3 aliphatic rings. The monoisotopic (exact) mass is 377 g/mol. The third-order valence-corrected chi connectivity index (χ3v) is 8.40. The normalized spacial score (nSPS) is 38.6. The van der Waals surface area contributed by atoms with E-state index in [0.29, 0.717) is 11.5 Å². The maximum Gasteiger partial charge on any atom is 0.0687 e. The van der Waals surface area contributed by atoms with Crippen LogP contribution >= 0.6 is 0 Å². The predicted octanol–water partition coefficient (Wildman–Crippen LogP) is 6.68. The molecule has 0 radical (unpaired) electrons. The second kappa shape index (κ2) is 9.16. The summed E-state index contributed by atoms with van der Waals surface area (Å²) in [6.07, 6.45) is 15.3. The Labute approximate surface area is 169 Å². The van der Waals surface area contributed by atoms with Gasteiger partial charge in [-0.3, -0.25) is 0 Å². The van der Waals surface area contributed by atoms with Crippen molar-refractivity contribution < 1.29 is 4.74 Å². The Morgan fingerprint density at radius 2 is 1.74 bits per heavy atom. The molecule has 1 saturated carbocycles. The molecule has 0 bridgehead atoms. The van der Waals surface area contributed by atoms with Crippen molar-refractivity contribution >= 4 is 0 Å². The van der Waals surface area contributed by atoms with E-state index in [0.717, 1.165) is 17.8 Å². The van der Waals surface area contributed by atoms with Gasteiger partial charge in [0.05, 0.1) is 11.7 Å². The molecule has 0 aromatic rings. The SMILES string of the molecule is CCCC(C)(C)C1CCC2(CCC(CCN3CC(C)CC(CC)C3)O2)CC1. The van der Waals surface area contributed by atoms with Gasteiger partial charge in [0, 0.05) is 19.6 Å². The van der Waals surface area contributed by atoms with Crippen molar-refractivity contribution in [2.45, 2.75) is 117 Å². The van der Waals surface area contributed by atoms with Gasteiger partial charge >= 0.3 is 0 Å². The summed E-state index contributed by atoms with van der Waals surface area (Å²) >= 11 is 0. The van der Waals surface area contributed by atoms with E-state index in [1.807, 2.05) is 0 Å². The second-order valence-electron chi connectivity index (χ2n) is 11.1. The van der Waals surface area contributed by atoms with Gasteiger partial charge in [-0.05, 0) is 81.0 Å². The summed E-state index contributed by atoms with van der Waals surface area (Å²) < 4.78 is 6.76. The molecule has 2 saturated heterocycles. The summed E-state index contributed by atoms with van der Waals surface area (Å²) in [7, 11) is 0. The van der Waals surface area contributed by atoms with Crippen molar-refractivity contribution in [3.05, 3.63) is 0 Å². The van der Waals surface area contributed by atoms with Crippen LogP contribution in [0.15, 0.2) is 0 Å². The maximum absolute atomic E-state index is 6.76. The summed E-state index contributed by atoms with van der Waals surface area (Å²) in [4.78, 5) is 2.74. The molecule has 27 heavy (non-hydrogen) atoms. The Bertz CT molecular complexity index is 451. The zero-order chi connectivity index (χ0) is 19.5. The molecular weight excluding hydrogens is 330 g/mol. The molecule has 2 heteroatoms. The van der Waals surface area contributed by atoms with E-state index < -0.39 is 0 Å². The van der Waals surface area contributed by atoms with Crippen molar-refractivity contribution in [3.8, 4) is 0 Å². The van der Waals surface area contributed by atoms with Crippen LogP contribution in [-0.4, -0.2) is 36.2 Å². The Kier molecular flexibility index (Phi) is 7.34. The first kappa shape index (κ1) is 21.6. The molecule has 3 rings (SSSR count). The third-order valence-electron chi connectivity index (χ3n) is 8.40. The minimum Gasteiger partial charge on any atom is -0.372 e. The average molecular weight is 378 g/mol. The zero-order valence-electron chi connectivity index (χ0n) is 19.1. The van der Waals surface area contributed by atoms with Gasteiger partial charge in [0.1, 0.15) is 0 Å². The fourth-order valence-corrected chi connectivity index (χ4v) is 6.64. The summed E-state index contributed by atoms with van der Waals surface area (Å²) in [6, 6.07) is 0. The maximum atomic E-state index is 6.76. The first-order valence-corrected chi connectivity index (χ1v) is 12.3. The molecule has 0 amide bonds. The lowest BCUT2D eigenvalue weighted by Gasteiger charge is -2.43. The van der Waals surface area contributed by atoms with Gasteiger partial charge < -0.3 is 9.64 Å². The number of likely N-dealkylation sites (tertiary alicyclic amines) is 1. The molecule has 3 atom stereocenters. The highest BCUT2D eigenvalue weighted by molar-refractivity contribution is 4.96. The zero-order valence-corrected chi connectivity index (χ0v) is 19.1. The van der Waals surface area contributed by atoms with E-state index in [-0.39, 0.29) is 5.60 Å². The highest BCUT2D eigenvalue weighted by Crippen LogP contribution is 2.49. The number of rotatable bonds is 7. The number of piperidine rings is 1. The van der Waals surface area contributed by atoms with Gasteiger partial charge in [-0.1, -0.05) is 47.5 Å². The average Bonchev–Trinajstić information content (AvgIpc) is 3.02. The lowest BCUT2D eigenvalue weighted by molar-refractivity contribution is -0.0846. The molecule has 3 unspecified atom stereocenters. The lowest BCUT2D eigenvalue weighted by Crippen LogP contribution is -2.41. The smallest absolute Gasteiger partial charge is 0.0687 e.